The maximum absolute atomic E-state index is 13.4. The number of aromatic nitrogens is 2. The molecule has 2 heterocycles. The molecule has 1 unspecified atom stereocenters. The Hall–Kier alpha value is -2.29. The van der Waals surface area contributed by atoms with Gasteiger partial charge in [-0.05, 0) is 61.4 Å². The van der Waals surface area contributed by atoms with Crippen LogP contribution in [0, 0.1) is 0 Å². The summed E-state index contributed by atoms with van der Waals surface area (Å²) in [7, 11) is 0. The van der Waals surface area contributed by atoms with Gasteiger partial charge < -0.3 is 5.32 Å². The van der Waals surface area contributed by atoms with Crippen molar-refractivity contribution in [2.75, 3.05) is 4.90 Å². The van der Waals surface area contributed by atoms with Gasteiger partial charge in [0.15, 0.2) is 11.7 Å². The predicted molar refractivity (Wildman–Crippen MR) is 118 cm³/mol. The van der Waals surface area contributed by atoms with E-state index in [1.807, 2.05) is 38.3 Å². The molecule has 2 amide bonds. The number of nitrogens with one attached hydrogen (secondary N) is 1. The van der Waals surface area contributed by atoms with Crippen molar-refractivity contribution >= 4 is 52.0 Å². The number of halogens is 1. The third-order valence-corrected chi connectivity index (χ3v) is 6.21. The Bertz CT molecular complexity index is 974. The zero-order valence-corrected chi connectivity index (χ0v) is 18.6. The summed E-state index contributed by atoms with van der Waals surface area (Å²) in [6.07, 6.45) is 0.747. The summed E-state index contributed by atoms with van der Waals surface area (Å²) in [4.78, 5) is 29.0. The van der Waals surface area contributed by atoms with E-state index >= 15 is 0 Å². The van der Waals surface area contributed by atoms with Crippen LogP contribution < -0.4 is 10.2 Å². The molecule has 1 N–H and O–H groups in total. The lowest BCUT2D eigenvalue weighted by Crippen LogP contribution is -2.50. The molecule has 9 heteroatoms. The van der Waals surface area contributed by atoms with Crippen molar-refractivity contribution in [3.63, 3.8) is 0 Å². The second kappa shape index (κ2) is 9.02. The highest BCUT2D eigenvalue weighted by molar-refractivity contribution is 7.10. The van der Waals surface area contributed by atoms with Gasteiger partial charge in [-0.15, -0.1) is 16.4 Å². The molecule has 0 radical (unpaired) electrons. The minimum atomic E-state index is -0.867. The van der Waals surface area contributed by atoms with E-state index in [2.05, 4.69) is 14.9 Å². The highest BCUT2D eigenvalue weighted by Crippen LogP contribution is 2.33. The van der Waals surface area contributed by atoms with Crippen LogP contribution in [0.1, 0.15) is 48.6 Å². The first kappa shape index (κ1) is 21.4. The normalized spacial score (nSPS) is 12.4. The van der Waals surface area contributed by atoms with Crippen molar-refractivity contribution < 1.29 is 9.59 Å². The van der Waals surface area contributed by atoms with E-state index in [-0.39, 0.29) is 11.6 Å². The van der Waals surface area contributed by atoms with Gasteiger partial charge in [0.05, 0.1) is 0 Å². The number of amides is 2. The summed E-state index contributed by atoms with van der Waals surface area (Å²) in [5.74, 6) is -0.681. The van der Waals surface area contributed by atoms with E-state index in [1.165, 1.54) is 16.2 Å². The van der Waals surface area contributed by atoms with Crippen LogP contribution in [-0.2, 0) is 4.79 Å². The van der Waals surface area contributed by atoms with Gasteiger partial charge in [-0.3, -0.25) is 14.5 Å². The molecule has 1 aromatic carbocycles. The van der Waals surface area contributed by atoms with Crippen LogP contribution in [0.5, 0.6) is 0 Å². The van der Waals surface area contributed by atoms with Crippen molar-refractivity contribution in [3.8, 4) is 0 Å². The van der Waals surface area contributed by atoms with Gasteiger partial charge in [0, 0.05) is 26.5 Å². The Morgan fingerprint density at radius 1 is 1.28 bits per heavy atom. The standard InChI is InChI=1S/C20H21ClN4O2S2/c1-4-20(2,3)22-18(26)17(16-9-6-10-28-16)25(14-8-5-7-13(21)11-14)19(27)15-12-29-24-23-15/h5-12,17H,4H2,1-3H3,(H,22,26). The van der Waals surface area contributed by atoms with Gasteiger partial charge in [-0.2, -0.15) is 0 Å². The second-order valence-corrected chi connectivity index (χ2v) is 9.12. The number of anilines is 1. The smallest absolute Gasteiger partial charge is 0.280 e. The van der Waals surface area contributed by atoms with Crippen molar-refractivity contribution in [2.24, 2.45) is 0 Å². The number of carbonyl (C=O) groups is 2. The van der Waals surface area contributed by atoms with E-state index in [4.69, 9.17) is 11.6 Å². The fourth-order valence-electron chi connectivity index (χ4n) is 2.70. The summed E-state index contributed by atoms with van der Waals surface area (Å²) in [5.41, 5.74) is 0.273. The van der Waals surface area contributed by atoms with E-state index in [0.717, 1.165) is 22.8 Å². The summed E-state index contributed by atoms with van der Waals surface area (Å²) < 4.78 is 3.80. The van der Waals surface area contributed by atoms with Crippen LogP contribution in [0.15, 0.2) is 47.2 Å². The first-order valence-corrected chi connectivity index (χ1v) is 11.1. The van der Waals surface area contributed by atoms with Crippen LogP contribution in [-0.4, -0.2) is 26.9 Å². The third-order valence-electron chi connectivity index (χ3n) is 4.55. The number of hydrogen-bond acceptors (Lipinski definition) is 6. The van der Waals surface area contributed by atoms with Gasteiger partial charge in [0.2, 0.25) is 5.91 Å². The molecule has 0 saturated heterocycles. The predicted octanol–water partition coefficient (Wildman–Crippen LogP) is 4.95. The lowest BCUT2D eigenvalue weighted by Gasteiger charge is -2.33. The summed E-state index contributed by atoms with van der Waals surface area (Å²) in [5, 5.41) is 10.9. The number of rotatable bonds is 7. The summed E-state index contributed by atoms with van der Waals surface area (Å²) >= 11 is 8.69. The second-order valence-electron chi connectivity index (χ2n) is 7.09. The Morgan fingerprint density at radius 3 is 2.66 bits per heavy atom. The van der Waals surface area contributed by atoms with Crippen LogP contribution in [0.3, 0.4) is 0 Å². The average Bonchev–Trinajstić information content (AvgIpc) is 3.39. The number of benzene rings is 1. The van der Waals surface area contributed by atoms with Crippen molar-refractivity contribution in [1.82, 2.24) is 14.9 Å². The fourth-order valence-corrected chi connectivity index (χ4v) is 4.13. The number of hydrogen-bond donors (Lipinski definition) is 1. The Labute approximate surface area is 182 Å². The zero-order valence-electron chi connectivity index (χ0n) is 16.3. The SMILES string of the molecule is CCC(C)(C)NC(=O)C(c1cccs1)N(C(=O)c1csnn1)c1cccc(Cl)c1. The molecular formula is C20H21ClN4O2S2. The Kier molecular flexibility index (Phi) is 6.66. The van der Waals surface area contributed by atoms with Crippen LogP contribution in [0.4, 0.5) is 5.69 Å². The molecule has 152 valence electrons. The zero-order chi connectivity index (χ0) is 21.0. The highest BCUT2D eigenvalue weighted by Gasteiger charge is 2.36. The van der Waals surface area contributed by atoms with E-state index < -0.39 is 17.5 Å². The van der Waals surface area contributed by atoms with E-state index in [0.29, 0.717) is 10.7 Å². The molecule has 3 rings (SSSR count). The van der Waals surface area contributed by atoms with Crippen molar-refractivity contribution in [1.29, 1.82) is 0 Å². The topological polar surface area (TPSA) is 75.2 Å². The van der Waals surface area contributed by atoms with Gasteiger partial charge >= 0.3 is 0 Å². The van der Waals surface area contributed by atoms with Crippen LogP contribution in [0.25, 0.3) is 0 Å². The lowest BCUT2D eigenvalue weighted by atomic mass is 10.0. The average molecular weight is 449 g/mol. The monoisotopic (exact) mass is 448 g/mol. The number of thiophene rings is 1. The molecule has 6 nitrogen and oxygen atoms in total. The highest BCUT2D eigenvalue weighted by atomic mass is 35.5. The molecule has 1 atom stereocenters. The maximum Gasteiger partial charge on any atom is 0.280 e. The maximum atomic E-state index is 13.4. The van der Waals surface area contributed by atoms with Gasteiger partial charge in [-0.25, -0.2) is 0 Å². The molecular weight excluding hydrogens is 428 g/mol. The molecule has 0 bridgehead atoms. The Balaban J connectivity index is 2.12. The molecule has 0 aliphatic heterocycles. The Morgan fingerprint density at radius 2 is 2.07 bits per heavy atom. The van der Waals surface area contributed by atoms with E-state index in [1.54, 1.807) is 29.6 Å². The minimum Gasteiger partial charge on any atom is -0.349 e. The minimum absolute atomic E-state index is 0.180. The molecule has 0 aliphatic rings. The molecule has 0 fully saturated rings. The molecule has 0 saturated carbocycles. The molecule has 0 aliphatic carbocycles. The van der Waals surface area contributed by atoms with E-state index in [9.17, 15) is 9.59 Å². The van der Waals surface area contributed by atoms with Crippen molar-refractivity contribution in [3.05, 3.63) is 62.8 Å². The number of carbonyl (C=O) groups excluding carboxylic acids is 2. The first-order valence-electron chi connectivity index (χ1n) is 9.04. The van der Waals surface area contributed by atoms with Gasteiger partial charge in [0.1, 0.15) is 0 Å². The summed E-state index contributed by atoms with van der Waals surface area (Å²) in [6.45, 7) is 5.90. The number of nitrogens with zero attached hydrogens (tertiary/aromatic N) is 3. The lowest BCUT2D eigenvalue weighted by molar-refractivity contribution is -0.124. The molecule has 29 heavy (non-hydrogen) atoms. The van der Waals surface area contributed by atoms with Crippen LogP contribution in [0.2, 0.25) is 5.02 Å². The molecule has 2 aromatic heterocycles. The van der Waals surface area contributed by atoms with Gasteiger partial charge in [0.25, 0.3) is 5.91 Å². The molecule has 0 spiro atoms. The molecule has 3 aromatic rings. The third kappa shape index (κ3) is 5.01. The fraction of sp³-hybridized carbons (Fsp3) is 0.300. The van der Waals surface area contributed by atoms with Gasteiger partial charge in [-0.1, -0.05) is 35.1 Å². The quantitative estimate of drug-likeness (QED) is 0.555. The van der Waals surface area contributed by atoms with Crippen molar-refractivity contribution in [2.45, 2.75) is 38.8 Å². The largest absolute Gasteiger partial charge is 0.349 e. The van der Waals surface area contributed by atoms with Crippen LogP contribution >= 0.6 is 34.5 Å². The summed E-state index contributed by atoms with van der Waals surface area (Å²) in [6, 6.07) is 9.72. The first-order chi connectivity index (χ1) is 13.8.